The van der Waals surface area contributed by atoms with Crippen LogP contribution in [-0.4, -0.2) is 7.05 Å². The Morgan fingerprint density at radius 2 is 1.63 bits per heavy atom. The molecule has 0 radical (unpaired) electrons. The van der Waals surface area contributed by atoms with E-state index in [4.69, 9.17) is 0 Å². The third-order valence-electron chi connectivity index (χ3n) is 2.84. The molecule has 0 amide bonds. The molecule has 0 heterocycles. The minimum atomic E-state index is -0.543. The van der Waals surface area contributed by atoms with Crippen LogP contribution >= 0.6 is 15.9 Å². The van der Waals surface area contributed by atoms with Crippen LogP contribution in [0.1, 0.15) is 17.2 Å². The van der Waals surface area contributed by atoms with E-state index >= 15 is 0 Å². The molecular weight excluding hydrogens is 319 g/mol. The standard InChI is InChI=1S/C14H11BrF3N/c1-19-14(8-2-4-9(16)5-3-8)10-6-13(18)11(15)7-12(10)17/h2-7,14,19H,1H3. The van der Waals surface area contributed by atoms with Crippen molar-refractivity contribution in [3.8, 4) is 0 Å². The van der Waals surface area contributed by atoms with Gasteiger partial charge < -0.3 is 5.32 Å². The molecule has 19 heavy (non-hydrogen) atoms. The van der Waals surface area contributed by atoms with Gasteiger partial charge in [-0.05, 0) is 52.8 Å². The van der Waals surface area contributed by atoms with Gasteiger partial charge >= 0.3 is 0 Å². The highest BCUT2D eigenvalue weighted by Gasteiger charge is 2.18. The Hall–Kier alpha value is -1.33. The predicted molar refractivity (Wildman–Crippen MR) is 71.4 cm³/mol. The minimum Gasteiger partial charge on any atom is -0.309 e. The Balaban J connectivity index is 2.47. The fraction of sp³-hybridized carbons (Fsp3) is 0.143. The lowest BCUT2D eigenvalue weighted by Gasteiger charge is -2.18. The largest absolute Gasteiger partial charge is 0.309 e. The number of rotatable bonds is 3. The maximum absolute atomic E-state index is 13.9. The van der Waals surface area contributed by atoms with Gasteiger partial charge in [0.15, 0.2) is 0 Å². The summed E-state index contributed by atoms with van der Waals surface area (Å²) in [5.74, 6) is -1.45. The maximum Gasteiger partial charge on any atom is 0.137 e. The normalized spacial score (nSPS) is 12.5. The monoisotopic (exact) mass is 329 g/mol. The molecule has 2 rings (SSSR count). The summed E-state index contributed by atoms with van der Waals surface area (Å²) in [6.07, 6.45) is 0. The van der Waals surface area contributed by atoms with Crippen molar-refractivity contribution in [1.82, 2.24) is 5.32 Å². The number of hydrogen-bond donors (Lipinski definition) is 1. The Bertz CT molecular complexity index is 584. The van der Waals surface area contributed by atoms with Crippen molar-refractivity contribution in [3.05, 3.63) is 69.4 Å². The zero-order valence-electron chi connectivity index (χ0n) is 10.1. The highest BCUT2D eigenvalue weighted by molar-refractivity contribution is 9.10. The van der Waals surface area contributed by atoms with Gasteiger partial charge in [-0.15, -0.1) is 0 Å². The lowest BCUT2D eigenvalue weighted by molar-refractivity contribution is 0.554. The second-order valence-corrected chi connectivity index (χ2v) is 4.92. The predicted octanol–water partition coefficient (Wildman–Crippen LogP) is 4.18. The Labute approximate surface area is 117 Å². The van der Waals surface area contributed by atoms with E-state index < -0.39 is 17.7 Å². The van der Waals surface area contributed by atoms with Crippen molar-refractivity contribution in [2.75, 3.05) is 7.05 Å². The van der Waals surface area contributed by atoms with Crippen LogP contribution in [0, 0.1) is 17.5 Å². The number of halogens is 4. The van der Waals surface area contributed by atoms with Crippen LogP contribution in [0.2, 0.25) is 0 Å². The minimum absolute atomic E-state index is 0.0720. The molecule has 1 N–H and O–H groups in total. The first-order valence-corrected chi connectivity index (χ1v) is 6.39. The first-order chi connectivity index (χ1) is 9.02. The quantitative estimate of drug-likeness (QED) is 0.833. The molecule has 0 aliphatic carbocycles. The summed E-state index contributed by atoms with van der Waals surface area (Å²) < 4.78 is 40.4. The highest BCUT2D eigenvalue weighted by Crippen LogP contribution is 2.28. The van der Waals surface area contributed by atoms with Gasteiger partial charge in [-0.1, -0.05) is 12.1 Å². The number of benzene rings is 2. The van der Waals surface area contributed by atoms with Crippen molar-refractivity contribution < 1.29 is 13.2 Å². The Morgan fingerprint density at radius 1 is 1.00 bits per heavy atom. The molecule has 0 bridgehead atoms. The average molecular weight is 330 g/mol. The molecule has 0 spiro atoms. The van der Waals surface area contributed by atoms with E-state index in [1.807, 2.05) is 0 Å². The van der Waals surface area contributed by atoms with Crippen molar-refractivity contribution >= 4 is 15.9 Å². The van der Waals surface area contributed by atoms with E-state index in [9.17, 15) is 13.2 Å². The smallest absolute Gasteiger partial charge is 0.137 e. The van der Waals surface area contributed by atoms with Gasteiger partial charge in [0, 0.05) is 5.56 Å². The van der Waals surface area contributed by atoms with Crippen molar-refractivity contribution in [1.29, 1.82) is 0 Å². The van der Waals surface area contributed by atoms with Crippen LogP contribution < -0.4 is 5.32 Å². The Kier molecular flexibility index (Phi) is 4.27. The number of hydrogen-bond acceptors (Lipinski definition) is 1. The summed E-state index contributed by atoms with van der Waals surface area (Å²) in [5.41, 5.74) is 0.833. The molecule has 5 heteroatoms. The van der Waals surface area contributed by atoms with Crippen molar-refractivity contribution in [2.45, 2.75) is 6.04 Å². The summed E-state index contributed by atoms with van der Waals surface area (Å²) in [6.45, 7) is 0. The molecule has 0 aliphatic rings. The topological polar surface area (TPSA) is 12.0 Å². The third kappa shape index (κ3) is 2.98. The summed E-state index contributed by atoms with van der Waals surface area (Å²) in [6, 6.07) is 7.32. The summed E-state index contributed by atoms with van der Waals surface area (Å²) in [5, 5.41) is 2.90. The molecule has 100 valence electrons. The highest BCUT2D eigenvalue weighted by atomic mass is 79.9. The van der Waals surface area contributed by atoms with Crippen LogP contribution in [0.5, 0.6) is 0 Å². The van der Waals surface area contributed by atoms with Gasteiger partial charge in [0.25, 0.3) is 0 Å². The second kappa shape index (κ2) is 5.75. The van der Waals surface area contributed by atoms with Crippen LogP contribution in [0.15, 0.2) is 40.9 Å². The van der Waals surface area contributed by atoms with Gasteiger partial charge in [-0.2, -0.15) is 0 Å². The molecule has 0 saturated heterocycles. The van der Waals surface area contributed by atoms with Crippen LogP contribution in [0.25, 0.3) is 0 Å². The molecule has 0 fully saturated rings. The molecule has 1 atom stereocenters. The summed E-state index contributed by atoms with van der Waals surface area (Å²) >= 11 is 2.93. The van der Waals surface area contributed by atoms with Crippen LogP contribution in [-0.2, 0) is 0 Å². The molecule has 2 aromatic carbocycles. The fourth-order valence-corrected chi connectivity index (χ4v) is 2.23. The SMILES string of the molecule is CNC(c1ccc(F)cc1)c1cc(F)c(Br)cc1F. The van der Waals surface area contributed by atoms with Crippen LogP contribution in [0.4, 0.5) is 13.2 Å². The molecule has 0 aromatic heterocycles. The Morgan fingerprint density at radius 3 is 2.21 bits per heavy atom. The van der Waals surface area contributed by atoms with Gasteiger partial charge in [0.1, 0.15) is 17.5 Å². The molecule has 1 nitrogen and oxygen atoms in total. The molecule has 2 aromatic rings. The summed E-state index contributed by atoms with van der Waals surface area (Å²) in [7, 11) is 1.63. The first-order valence-electron chi connectivity index (χ1n) is 5.60. The van der Waals surface area contributed by atoms with Crippen molar-refractivity contribution in [2.24, 2.45) is 0 Å². The molecule has 0 aliphatic heterocycles. The fourth-order valence-electron chi connectivity index (χ4n) is 1.92. The molecule has 0 saturated carbocycles. The van der Waals surface area contributed by atoms with Gasteiger partial charge in [0.2, 0.25) is 0 Å². The zero-order valence-corrected chi connectivity index (χ0v) is 11.6. The average Bonchev–Trinajstić information content (AvgIpc) is 2.38. The van der Waals surface area contributed by atoms with Crippen LogP contribution in [0.3, 0.4) is 0 Å². The number of nitrogens with one attached hydrogen (secondary N) is 1. The lowest BCUT2D eigenvalue weighted by atomic mass is 9.98. The maximum atomic E-state index is 13.9. The summed E-state index contributed by atoms with van der Waals surface area (Å²) in [4.78, 5) is 0. The zero-order chi connectivity index (χ0) is 14.0. The van der Waals surface area contributed by atoms with Crippen molar-refractivity contribution in [3.63, 3.8) is 0 Å². The van der Waals surface area contributed by atoms with E-state index in [1.165, 1.54) is 24.3 Å². The van der Waals surface area contributed by atoms with Gasteiger partial charge in [-0.25, -0.2) is 13.2 Å². The lowest BCUT2D eigenvalue weighted by Crippen LogP contribution is -2.19. The molecule has 1 unspecified atom stereocenters. The third-order valence-corrected chi connectivity index (χ3v) is 3.45. The van der Waals surface area contributed by atoms with Gasteiger partial charge in [0.05, 0.1) is 10.5 Å². The van der Waals surface area contributed by atoms with E-state index in [1.54, 1.807) is 7.05 Å². The van der Waals surface area contributed by atoms with E-state index in [2.05, 4.69) is 21.2 Å². The second-order valence-electron chi connectivity index (χ2n) is 4.06. The first kappa shape index (κ1) is 14.1. The van der Waals surface area contributed by atoms with E-state index in [0.29, 0.717) is 5.56 Å². The molecular formula is C14H11BrF3N. The van der Waals surface area contributed by atoms with E-state index in [0.717, 1.165) is 12.1 Å². The van der Waals surface area contributed by atoms with Gasteiger partial charge in [-0.3, -0.25) is 0 Å². The van der Waals surface area contributed by atoms with E-state index in [-0.39, 0.29) is 15.9 Å².